The number of aromatic nitrogens is 2. The second-order valence-corrected chi connectivity index (χ2v) is 7.92. The summed E-state index contributed by atoms with van der Waals surface area (Å²) in [5.74, 6) is -4.25. The van der Waals surface area contributed by atoms with Crippen LogP contribution in [0.15, 0.2) is 42.7 Å². The second kappa shape index (κ2) is 8.07. The lowest BCUT2D eigenvalue weighted by Crippen LogP contribution is -2.58. The van der Waals surface area contributed by atoms with Gasteiger partial charge in [0, 0.05) is 19.3 Å². The molecule has 0 bridgehead atoms. The molecule has 0 spiro atoms. The number of anilines is 1. The van der Waals surface area contributed by atoms with Gasteiger partial charge in [-0.25, -0.2) is 9.78 Å². The molecule has 1 fully saturated rings. The standard InChI is InChI=1S/C21H16ClF3N4O4/c1-27-10-26-15-7-12(5-6-16(15)27)28-9-13(19(31)32)18(30)29(20(28)33)8-11-3-2-4-14(22)17(11)21(23,24)25/h2-7,10,13H,8-9H2,1H3,(H,31,32). The number of carbonyl (C=O) groups excluding carboxylic acids is 2. The van der Waals surface area contributed by atoms with Gasteiger partial charge >= 0.3 is 18.2 Å². The van der Waals surface area contributed by atoms with Gasteiger partial charge in [-0.1, -0.05) is 23.7 Å². The van der Waals surface area contributed by atoms with E-state index in [0.717, 1.165) is 22.5 Å². The van der Waals surface area contributed by atoms with Crippen LogP contribution in [0.2, 0.25) is 5.02 Å². The van der Waals surface area contributed by atoms with E-state index in [9.17, 15) is 32.7 Å². The molecule has 3 aromatic rings. The topological polar surface area (TPSA) is 95.7 Å². The molecule has 1 aromatic heterocycles. The number of aliphatic carboxylic acids is 1. The first-order chi connectivity index (χ1) is 15.5. The summed E-state index contributed by atoms with van der Waals surface area (Å²) in [6.07, 6.45) is -3.29. The average molecular weight is 481 g/mol. The normalized spacial score (nSPS) is 17.2. The Morgan fingerprint density at radius 1 is 1.24 bits per heavy atom. The highest BCUT2D eigenvalue weighted by Gasteiger charge is 2.45. The summed E-state index contributed by atoms with van der Waals surface area (Å²) in [6, 6.07) is 7.20. The Hall–Kier alpha value is -3.60. The molecule has 0 saturated carbocycles. The number of hydrogen-bond donors (Lipinski definition) is 1. The molecule has 33 heavy (non-hydrogen) atoms. The highest BCUT2D eigenvalue weighted by Crippen LogP contribution is 2.38. The lowest BCUT2D eigenvalue weighted by Gasteiger charge is -2.37. The molecule has 0 radical (unpaired) electrons. The van der Waals surface area contributed by atoms with E-state index in [-0.39, 0.29) is 5.69 Å². The van der Waals surface area contributed by atoms with E-state index in [1.54, 1.807) is 36.1 Å². The number of halogens is 4. The monoisotopic (exact) mass is 480 g/mol. The Labute approximate surface area is 189 Å². The molecule has 1 atom stereocenters. The number of carbonyl (C=O) groups is 3. The van der Waals surface area contributed by atoms with Gasteiger partial charge in [-0.2, -0.15) is 13.2 Å². The minimum atomic E-state index is -4.84. The molecule has 172 valence electrons. The van der Waals surface area contributed by atoms with Crippen molar-refractivity contribution in [2.75, 3.05) is 11.4 Å². The second-order valence-electron chi connectivity index (χ2n) is 7.51. The van der Waals surface area contributed by atoms with Gasteiger partial charge in [0.15, 0.2) is 5.92 Å². The van der Waals surface area contributed by atoms with Gasteiger partial charge in [0.25, 0.3) is 0 Å². The zero-order valence-electron chi connectivity index (χ0n) is 17.0. The molecular formula is C21H16ClF3N4O4. The SMILES string of the molecule is Cn1cnc2cc(N3CC(C(=O)O)C(=O)N(Cc4cccc(Cl)c4C(F)(F)F)C3=O)ccc21. The van der Waals surface area contributed by atoms with Crippen LogP contribution in [0.3, 0.4) is 0 Å². The summed E-state index contributed by atoms with van der Waals surface area (Å²) >= 11 is 5.74. The quantitative estimate of drug-likeness (QED) is 0.571. The molecule has 1 unspecified atom stereocenters. The van der Waals surface area contributed by atoms with Crippen LogP contribution in [0, 0.1) is 5.92 Å². The Morgan fingerprint density at radius 2 is 1.97 bits per heavy atom. The van der Waals surface area contributed by atoms with Crippen LogP contribution in [-0.2, 0) is 29.4 Å². The Bertz CT molecular complexity index is 1290. The number of nitrogens with zero attached hydrogens (tertiary/aromatic N) is 4. The number of benzene rings is 2. The molecule has 1 aliphatic heterocycles. The van der Waals surface area contributed by atoms with E-state index in [4.69, 9.17) is 11.6 Å². The number of urea groups is 1. The molecule has 2 heterocycles. The van der Waals surface area contributed by atoms with Gasteiger partial charge in [-0.15, -0.1) is 0 Å². The summed E-state index contributed by atoms with van der Waals surface area (Å²) in [5, 5.41) is 8.95. The van der Waals surface area contributed by atoms with Crippen molar-refractivity contribution in [2.24, 2.45) is 13.0 Å². The van der Waals surface area contributed by atoms with Crippen molar-refractivity contribution < 1.29 is 32.7 Å². The van der Waals surface area contributed by atoms with E-state index in [1.807, 2.05) is 0 Å². The summed E-state index contributed by atoms with van der Waals surface area (Å²) in [4.78, 5) is 43.5. The average Bonchev–Trinajstić information content (AvgIpc) is 3.10. The van der Waals surface area contributed by atoms with E-state index >= 15 is 0 Å². The summed E-state index contributed by atoms with van der Waals surface area (Å²) < 4.78 is 42.4. The van der Waals surface area contributed by atoms with Crippen LogP contribution in [0.25, 0.3) is 11.0 Å². The maximum absolute atomic E-state index is 13.6. The van der Waals surface area contributed by atoms with Gasteiger partial charge in [0.05, 0.1) is 34.5 Å². The van der Waals surface area contributed by atoms with Gasteiger partial charge in [-0.05, 0) is 29.8 Å². The number of fused-ring (bicyclic) bond motifs is 1. The first kappa shape index (κ1) is 22.6. The molecule has 1 aliphatic rings. The first-order valence-corrected chi connectivity index (χ1v) is 9.98. The van der Waals surface area contributed by atoms with Crippen molar-refractivity contribution in [3.05, 3.63) is 58.9 Å². The molecular weight excluding hydrogens is 465 g/mol. The predicted molar refractivity (Wildman–Crippen MR) is 112 cm³/mol. The van der Waals surface area contributed by atoms with Gasteiger partial charge in [0.2, 0.25) is 5.91 Å². The highest BCUT2D eigenvalue weighted by molar-refractivity contribution is 6.31. The first-order valence-electron chi connectivity index (χ1n) is 9.60. The van der Waals surface area contributed by atoms with E-state index in [1.165, 1.54) is 6.07 Å². The summed E-state index contributed by atoms with van der Waals surface area (Å²) in [6.45, 7) is -1.26. The number of aryl methyl sites for hydroxylation is 1. The Kier molecular flexibility index (Phi) is 5.52. The zero-order valence-corrected chi connectivity index (χ0v) is 17.8. The Balaban J connectivity index is 1.76. The van der Waals surface area contributed by atoms with Crippen molar-refractivity contribution in [3.63, 3.8) is 0 Å². The molecule has 0 aliphatic carbocycles. The minimum absolute atomic E-state index is 0.261. The fourth-order valence-corrected chi connectivity index (χ4v) is 4.09. The summed E-state index contributed by atoms with van der Waals surface area (Å²) in [7, 11) is 1.77. The molecule has 12 heteroatoms. The van der Waals surface area contributed by atoms with Gasteiger partial charge in [-0.3, -0.25) is 19.4 Å². The fraction of sp³-hybridized carbons (Fsp3) is 0.238. The minimum Gasteiger partial charge on any atom is -0.481 e. The number of imidazole rings is 1. The van der Waals surface area contributed by atoms with Gasteiger partial charge < -0.3 is 9.67 Å². The molecule has 4 rings (SSSR count). The maximum Gasteiger partial charge on any atom is 0.418 e. The number of amides is 3. The van der Waals surface area contributed by atoms with Crippen molar-refractivity contribution in [1.82, 2.24) is 14.5 Å². The summed E-state index contributed by atoms with van der Waals surface area (Å²) in [5.41, 5.74) is -0.0851. The number of alkyl halides is 3. The zero-order chi connectivity index (χ0) is 24.1. The van der Waals surface area contributed by atoms with Crippen molar-refractivity contribution >= 4 is 46.2 Å². The molecule has 1 saturated heterocycles. The Morgan fingerprint density at radius 3 is 2.64 bits per heavy atom. The fourth-order valence-electron chi connectivity index (χ4n) is 3.79. The lowest BCUT2D eigenvalue weighted by atomic mass is 10.0. The van der Waals surface area contributed by atoms with Crippen LogP contribution in [0.1, 0.15) is 11.1 Å². The van der Waals surface area contributed by atoms with E-state index in [2.05, 4.69) is 4.98 Å². The van der Waals surface area contributed by atoms with Gasteiger partial charge in [0.1, 0.15) is 0 Å². The van der Waals surface area contributed by atoms with Crippen LogP contribution >= 0.6 is 11.6 Å². The smallest absolute Gasteiger partial charge is 0.418 e. The predicted octanol–water partition coefficient (Wildman–Crippen LogP) is 3.92. The lowest BCUT2D eigenvalue weighted by molar-refractivity contribution is -0.151. The number of rotatable bonds is 4. The van der Waals surface area contributed by atoms with Crippen molar-refractivity contribution in [3.8, 4) is 0 Å². The van der Waals surface area contributed by atoms with Crippen LogP contribution in [-0.4, -0.2) is 44.0 Å². The molecule has 8 nitrogen and oxygen atoms in total. The van der Waals surface area contributed by atoms with Crippen LogP contribution < -0.4 is 4.90 Å². The third kappa shape index (κ3) is 3.99. The highest BCUT2D eigenvalue weighted by atomic mass is 35.5. The number of carboxylic acid groups (broad SMARTS) is 1. The maximum atomic E-state index is 13.6. The number of carboxylic acids is 1. The molecule has 3 amide bonds. The van der Waals surface area contributed by atoms with Crippen LogP contribution in [0.4, 0.5) is 23.7 Å². The van der Waals surface area contributed by atoms with E-state index < -0.39 is 59.2 Å². The van der Waals surface area contributed by atoms with E-state index in [0.29, 0.717) is 10.4 Å². The third-order valence-corrected chi connectivity index (χ3v) is 5.74. The largest absolute Gasteiger partial charge is 0.481 e. The van der Waals surface area contributed by atoms with Crippen LogP contribution in [0.5, 0.6) is 0 Å². The third-order valence-electron chi connectivity index (χ3n) is 5.42. The number of hydrogen-bond acceptors (Lipinski definition) is 4. The molecule has 1 N–H and O–H groups in total. The molecule has 2 aromatic carbocycles. The van der Waals surface area contributed by atoms with Crippen molar-refractivity contribution in [1.29, 1.82) is 0 Å². The number of imide groups is 1. The van der Waals surface area contributed by atoms with Crippen molar-refractivity contribution in [2.45, 2.75) is 12.7 Å².